The highest BCUT2D eigenvalue weighted by Gasteiger charge is 1.92. The number of hydrogen-bond donors (Lipinski definition) is 1. The molecule has 0 aliphatic heterocycles. The molecule has 0 aromatic heterocycles. The lowest BCUT2D eigenvalue weighted by Crippen LogP contribution is -1.80. The van der Waals surface area contributed by atoms with Gasteiger partial charge in [0.2, 0.25) is 0 Å². The third-order valence-electron chi connectivity index (χ3n) is 1.86. The maximum absolute atomic E-state index is 8.86. The van der Waals surface area contributed by atoms with Crippen molar-refractivity contribution < 1.29 is 5.11 Å². The molecule has 0 saturated carbocycles. The summed E-state index contributed by atoms with van der Waals surface area (Å²) in [5.74, 6) is 0.00546. The molecule has 0 aromatic carbocycles. The Hall–Kier alpha value is -1.76. The first-order valence-corrected chi connectivity index (χ1v) is 6.18. The zero-order valence-electron chi connectivity index (χ0n) is 12.0. The number of aliphatic hydroxyl groups excluding tert-OH is 1. The quantitative estimate of drug-likeness (QED) is 0.473. The van der Waals surface area contributed by atoms with Gasteiger partial charge in [-0.3, -0.25) is 0 Å². The normalized spacial score (nSPS) is 9.94. The van der Waals surface area contributed by atoms with Gasteiger partial charge in [0, 0.05) is 0 Å². The van der Waals surface area contributed by atoms with Crippen LogP contribution in [0.25, 0.3) is 0 Å². The molecule has 0 unspecified atom stereocenters. The zero-order chi connectivity index (χ0) is 14.6. The number of hydrogen-bond acceptors (Lipinski definition) is 1. The van der Waals surface area contributed by atoms with E-state index in [0.717, 1.165) is 23.1 Å². The molecule has 0 atom stereocenters. The fourth-order valence-electron chi connectivity index (χ4n) is 0.747. The molecule has 1 heteroatoms. The van der Waals surface area contributed by atoms with E-state index in [4.69, 9.17) is 5.11 Å². The van der Waals surface area contributed by atoms with E-state index in [1.165, 1.54) is 12.5 Å². The molecule has 0 amide bonds. The van der Waals surface area contributed by atoms with Gasteiger partial charge in [0.25, 0.3) is 0 Å². The van der Waals surface area contributed by atoms with Gasteiger partial charge in [0.1, 0.15) is 5.76 Å². The Morgan fingerprint density at radius 2 is 1.22 bits per heavy atom. The average Bonchev–Trinajstić information content (AvgIpc) is 2.33. The van der Waals surface area contributed by atoms with Crippen LogP contribution in [0, 0.1) is 0 Å². The van der Waals surface area contributed by atoms with Crippen molar-refractivity contribution in [3.05, 3.63) is 73.1 Å². The summed E-state index contributed by atoms with van der Waals surface area (Å²) < 4.78 is 0. The van der Waals surface area contributed by atoms with Crippen LogP contribution in [0.3, 0.4) is 0 Å². The summed E-state index contributed by atoms with van der Waals surface area (Å²) in [5, 5.41) is 8.86. The zero-order valence-corrected chi connectivity index (χ0v) is 12.0. The van der Waals surface area contributed by atoms with Gasteiger partial charge < -0.3 is 5.11 Å². The van der Waals surface area contributed by atoms with E-state index in [0.29, 0.717) is 0 Å². The van der Waals surface area contributed by atoms with Gasteiger partial charge in [-0.05, 0) is 23.6 Å². The lowest BCUT2D eigenvalue weighted by atomic mass is 10.1. The van der Waals surface area contributed by atoms with E-state index in [9.17, 15) is 0 Å². The van der Waals surface area contributed by atoms with Crippen molar-refractivity contribution in [1.29, 1.82) is 0 Å². The van der Waals surface area contributed by atoms with E-state index < -0.39 is 0 Å². The second kappa shape index (κ2) is 11.7. The molecule has 0 aromatic rings. The lowest BCUT2D eigenvalue weighted by Gasteiger charge is -1.99. The first kappa shape index (κ1) is 18.6. The van der Waals surface area contributed by atoms with Gasteiger partial charge in [-0.2, -0.15) is 0 Å². The predicted octanol–water partition coefficient (Wildman–Crippen LogP) is 5.67. The van der Waals surface area contributed by atoms with Crippen molar-refractivity contribution >= 4 is 0 Å². The van der Waals surface area contributed by atoms with Gasteiger partial charge in [-0.15, -0.1) is 0 Å². The van der Waals surface area contributed by atoms with E-state index in [1.807, 2.05) is 19.1 Å². The van der Waals surface area contributed by atoms with Crippen LogP contribution in [0.5, 0.6) is 0 Å². The first-order valence-electron chi connectivity index (χ1n) is 6.18. The minimum Gasteiger partial charge on any atom is -0.509 e. The summed E-state index contributed by atoms with van der Waals surface area (Å²) in [6, 6.07) is 0. The molecule has 0 rings (SSSR count). The topological polar surface area (TPSA) is 20.2 Å². The third-order valence-corrected chi connectivity index (χ3v) is 1.86. The van der Waals surface area contributed by atoms with E-state index in [1.54, 1.807) is 6.08 Å². The van der Waals surface area contributed by atoms with E-state index in [2.05, 4.69) is 40.2 Å². The monoisotopic (exact) mass is 246 g/mol. The highest BCUT2D eigenvalue weighted by Crippen LogP contribution is 2.11. The minimum absolute atomic E-state index is 0.00546. The van der Waals surface area contributed by atoms with Gasteiger partial charge in [0.05, 0.1) is 0 Å². The number of allylic oxidation sites excluding steroid dienone is 7. The molecular formula is C17H26O. The van der Waals surface area contributed by atoms with Crippen molar-refractivity contribution in [2.45, 2.75) is 33.6 Å². The Morgan fingerprint density at radius 3 is 1.56 bits per heavy atom. The predicted molar refractivity (Wildman–Crippen MR) is 83.7 cm³/mol. The molecule has 0 radical (unpaired) electrons. The summed E-state index contributed by atoms with van der Waals surface area (Å²) in [6.45, 7) is 21.1. The molecule has 0 aliphatic carbocycles. The van der Waals surface area contributed by atoms with Crippen LogP contribution in [0.15, 0.2) is 73.1 Å². The maximum atomic E-state index is 8.86. The summed E-state index contributed by atoms with van der Waals surface area (Å²) in [7, 11) is 0. The molecule has 0 saturated heterocycles. The van der Waals surface area contributed by atoms with Crippen LogP contribution in [0.4, 0.5) is 0 Å². The SMILES string of the molecule is C=C(O)/C=C\C(=C)C(=C)/C=C\C(=C)CC.CCC. The van der Waals surface area contributed by atoms with Crippen molar-refractivity contribution in [3.8, 4) is 0 Å². The molecule has 0 fully saturated rings. The van der Waals surface area contributed by atoms with Crippen molar-refractivity contribution in [3.63, 3.8) is 0 Å². The number of rotatable bonds is 6. The van der Waals surface area contributed by atoms with E-state index >= 15 is 0 Å². The standard InChI is InChI=1S/C14H18O.C3H8/c1-6-11(2)7-8-12(3)13(4)9-10-14(5)15;1-3-2/h7-10,15H,2-6H2,1H3;3H2,1-2H3/b8-7-,10-9-;. The van der Waals surface area contributed by atoms with Crippen LogP contribution in [0.2, 0.25) is 0 Å². The second-order valence-corrected chi connectivity index (χ2v) is 3.93. The molecule has 1 N–H and O–H groups in total. The fourth-order valence-corrected chi connectivity index (χ4v) is 0.747. The van der Waals surface area contributed by atoms with Crippen LogP contribution >= 0.6 is 0 Å². The Kier molecular flexibility index (Phi) is 12.1. The molecule has 18 heavy (non-hydrogen) atoms. The van der Waals surface area contributed by atoms with Crippen LogP contribution in [0.1, 0.15) is 33.6 Å². The second-order valence-electron chi connectivity index (χ2n) is 3.93. The van der Waals surface area contributed by atoms with Crippen LogP contribution in [-0.2, 0) is 0 Å². The van der Waals surface area contributed by atoms with Gasteiger partial charge >= 0.3 is 0 Å². The molecule has 0 spiro atoms. The Morgan fingerprint density at radius 1 is 0.833 bits per heavy atom. The third kappa shape index (κ3) is 12.3. The highest BCUT2D eigenvalue weighted by molar-refractivity contribution is 5.44. The molecule has 0 heterocycles. The van der Waals surface area contributed by atoms with Crippen LogP contribution in [-0.4, -0.2) is 5.11 Å². The van der Waals surface area contributed by atoms with Crippen molar-refractivity contribution in [1.82, 2.24) is 0 Å². The average molecular weight is 246 g/mol. The van der Waals surface area contributed by atoms with Crippen molar-refractivity contribution in [2.75, 3.05) is 0 Å². The van der Waals surface area contributed by atoms with Gasteiger partial charge in [-0.25, -0.2) is 0 Å². The number of aliphatic hydroxyl groups is 1. The first-order chi connectivity index (χ1) is 8.38. The smallest absolute Gasteiger partial charge is 0.108 e. The minimum atomic E-state index is 0.00546. The van der Waals surface area contributed by atoms with Gasteiger partial charge in [0.15, 0.2) is 0 Å². The van der Waals surface area contributed by atoms with Gasteiger partial charge in [-0.1, -0.05) is 77.3 Å². The fraction of sp³-hybridized carbons (Fsp3) is 0.294. The summed E-state index contributed by atoms with van der Waals surface area (Å²) in [6.07, 6.45) is 9.09. The molecular weight excluding hydrogens is 220 g/mol. The highest BCUT2D eigenvalue weighted by atomic mass is 16.3. The van der Waals surface area contributed by atoms with Crippen LogP contribution < -0.4 is 0 Å². The Labute approximate surface area is 112 Å². The summed E-state index contributed by atoms with van der Waals surface area (Å²) in [4.78, 5) is 0. The maximum Gasteiger partial charge on any atom is 0.108 e. The summed E-state index contributed by atoms with van der Waals surface area (Å²) in [5.41, 5.74) is 2.58. The largest absolute Gasteiger partial charge is 0.509 e. The molecule has 0 aliphatic rings. The Balaban J connectivity index is 0. The lowest BCUT2D eigenvalue weighted by molar-refractivity contribution is 0.435. The molecule has 1 nitrogen and oxygen atoms in total. The van der Waals surface area contributed by atoms with E-state index in [-0.39, 0.29) is 5.76 Å². The van der Waals surface area contributed by atoms with Crippen molar-refractivity contribution in [2.24, 2.45) is 0 Å². The summed E-state index contributed by atoms with van der Waals surface area (Å²) >= 11 is 0. The Bertz CT molecular complexity index is 354. The molecule has 100 valence electrons. The molecule has 0 bridgehead atoms.